The fourth-order valence-electron chi connectivity index (χ4n) is 1.11. The molecule has 1 aromatic carbocycles. The van der Waals surface area contributed by atoms with Crippen molar-refractivity contribution in [2.45, 2.75) is 6.42 Å². The fourth-order valence-corrected chi connectivity index (χ4v) is 1.56. The zero-order chi connectivity index (χ0) is 10.7. The lowest BCUT2D eigenvalue weighted by Crippen LogP contribution is -2.04. The Morgan fingerprint density at radius 1 is 1.64 bits per heavy atom. The van der Waals surface area contributed by atoms with E-state index in [-0.39, 0.29) is 12.2 Å². The molecule has 0 heterocycles. The molecule has 0 atom stereocenters. The van der Waals surface area contributed by atoms with Crippen LogP contribution in [0.3, 0.4) is 0 Å². The van der Waals surface area contributed by atoms with Crippen LogP contribution in [0.25, 0.3) is 0 Å². The van der Waals surface area contributed by atoms with Gasteiger partial charge in [0.15, 0.2) is 11.6 Å². The van der Waals surface area contributed by atoms with Crippen molar-refractivity contribution < 1.29 is 19.0 Å². The Morgan fingerprint density at radius 3 is 2.79 bits per heavy atom. The summed E-state index contributed by atoms with van der Waals surface area (Å²) in [5.74, 6) is -1.62. The summed E-state index contributed by atoms with van der Waals surface area (Å²) in [5, 5.41) is 8.60. The minimum Gasteiger partial charge on any atom is -0.493 e. The molecular formula is C9H8BrFO3. The lowest BCUT2D eigenvalue weighted by atomic mass is 10.1. The van der Waals surface area contributed by atoms with Crippen LogP contribution in [0.1, 0.15) is 5.56 Å². The van der Waals surface area contributed by atoms with Gasteiger partial charge in [0, 0.05) is 10.0 Å². The first-order valence-corrected chi connectivity index (χ1v) is 4.58. The van der Waals surface area contributed by atoms with Gasteiger partial charge in [0.2, 0.25) is 0 Å². The molecular weight excluding hydrogens is 255 g/mol. The third-order valence-electron chi connectivity index (χ3n) is 1.69. The van der Waals surface area contributed by atoms with E-state index in [2.05, 4.69) is 15.9 Å². The largest absolute Gasteiger partial charge is 0.493 e. The molecule has 0 bridgehead atoms. The zero-order valence-electron chi connectivity index (χ0n) is 7.38. The van der Waals surface area contributed by atoms with Crippen molar-refractivity contribution in [2.75, 3.05) is 7.11 Å². The number of methoxy groups -OCH3 is 1. The molecule has 1 N–H and O–H groups in total. The second-order valence-electron chi connectivity index (χ2n) is 2.61. The van der Waals surface area contributed by atoms with E-state index in [0.717, 1.165) is 0 Å². The smallest absolute Gasteiger partial charge is 0.308 e. The molecule has 5 heteroatoms. The van der Waals surface area contributed by atoms with E-state index in [9.17, 15) is 9.18 Å². The lowest BCUT2D eigenvalue weighted by Gasteiger charge is -2.09. The second-order valence-corrected chi connectivity index (χ2v) is 3.47. The predicted octanol–water partition coefficient (Wildman–Crippen LogP) is 2.22. The van der Waals surface area contributed by atoms with Crippen LogP contribution in [-0.4, -0.2) is 18.2 Å². The fraction of sp³-hybridized carbons (Fsp3) is 0.222. The summed E-state index contributed by atoms with van der Waals surface area (Å²) in [4.78, 5) is 10.5. The normalized spacial score (nSPS) is 9.93. The van der Waals surface area contributed by atoms with Crippen LogP contribution in [0, 0.1) is 5.82 Å². The van der Waals surface area contributed by atoms with Gasteiger partial charge in [0.05, 0.1) is 13.5 Å². The maximum absolute atomic E-state index is 13.1. The molecule has 14 heavy (non-hydrogen) atoms. The van der Waals surface area contributed by atoms with Crippen LogP contribution in [0.5, 0.6) is 5.75 Å². The quantitative estimate of drug-likeness (QED) is 0.909. The molecule has 0 radical (unpaired) electrons. The van der Waals surface area contributed by atoms with Crippen molar-refractivity contribution in [1.29, 1.82) is 0 Å². The van der Waals surface area contributed by atoms with E-state index in [1.807, 2.05) is 0 Å². The summed E-state index contributed by atoms with van der Waals surface area (Å²) in [6, 6.07) is 2.67. The van der Waals surface area contributed by atoms with Crippen molar-refractivity contribution in [3.05, 3.63) is 28.0 Å². The van der Waals surface area contributed by atoms with Crippen LogP contribution in [0.15, 0.2) is 16.6 Å². The number of halogens is 2. The molecule has 0 aliphatic rings. The van der Waals surface area contributed by atoms with Gasteiger partial charge in [-0.05, 0) is 12.1 Å². The van der Waals surface area contributed by atoms with Gasteiger partial charge in [0.25, 0.3) is 0 Å². The number of carbonyl (C=O) groups is 1. The van der Waals surface area contributed by atoms with Gasteiger partial charge in [-0.2, -0.15) is 0 Å². The van der Waals surface area contributed by atoms with E-state index in [1.54, 1.807) is 0 Å². The van der Waals surface area contributed by atoms with Gasteiger partial charge in [-0.25, -0.2) is 4.39 Å². The summed E-state index contributed by atoms with van der Waals surface area (Å²) in [6.07, 6.45) is -0.276. The number of aliphatic carboxylic acids is 1. The highest BCUT2D eigenvalue weighted by Crippen LogP contribution is 2.29. The number of hydrogen-bond donors (Lipinski definition) is 1. The first kappa shape index (κ1) is 11.0. The van der Waals surface area contributed by atoms with Crippen molar-refractivity contribution in [3.63, 3.8) is 0 Å². The Labute approximate surface area is 88.6 Å². The standard InChI is InChI=1S/C9H8BrFO3/c1-14-9-5(4-8(12)13)6(10)2-3-7(9)11/h2-3H,4H2,1H3,(H,12,13). The molecule has 1 rings (SSSR count). The third-order valence-corrected chi connectivity index (χ3v) is 2.43. The first-order valence-electron chi connectivity index (χ1n) is 3.79. The van der Waals surface area contributed by atoms with Gasteiger partial charge >= 0.3 is 5.97 Å². The molecule has 0 aliphatic heterocycles. The topological polar surface area (TPSA) is 46.5 Å². The van der Waals surface area contributed by atoms with Gasteiger partial charge < -0.3 is 9.84 Å². The Bertz CT molecular complexity index is 365. The van der Waals surface area contributed by atoms with E-state index in [1.165, 1.54) is 19.2 Å². The summed E-state index contributed by atoms with van der Waals surface area (Å²) < 4.78 is 18.5. The molecule has 0 fully saturated rings. The highest BCUT2D eigenvalue weighted by molar-refractivity contribution is 9.10. The Hall–Kier alpha value is -1.10. The Kier molecular flexibility index (Phi) is 3.46. The maximum Gasteiger partial charge on any atom is 0.308 e. The van der Waals surface area contributed by atoms with Crippen LogP contribution >= 0.6 is 15.9 Å². The molecule has 1 aromatic rings. The van der Waals surface area contributed by atoms with E-state index in [4.69, 9.17) is 9.84 Å². The van der Waals surface area contributed by atoms with E-state index >= 15 is 0 Å². The van der Waals surface area contributed by atoms with Crippen molar-refractivity contribution in [3.8, 4) is 5.75 Å². The zero-order valence-corrected chi connectivity index (χ0v) is 8.97. The predicted molar refractivity (Wildman–Crippen MR) is 52.0 cm³/mol. The summed E-state index contributed by atoms with van der Waals surface area (Å²) in [6.45, 7) is 0. The van der Waals surface area contributed by atoms with Gasteiger partial charge in [-0.3, -0.25) is 4.79 Å². The molecule has 76 valence electrons. The number of rotatable bonds is 3. The summed E-state index contributed by atoms with van der Waals surface area (Å²) >= 11 is 3.14. The Morgan fingerprint density at radius 2 is 2.29 bits per heavy atom. The third kappa shape index (κ3) is 2.23. The van der Waals surface area contributed by atoms with Crippen LogP contribution in [0.2, 0.25) is 0 Å². The number of carboxylic acid groups (broad SMARTS) is 1. The first-order chi connectivity index (χ1) is 6.56. The van der Waals surface area contributed by atoms with E-state index in [0.29, 0.717) is 10.0 Å². The molecule has 0 aliphatic carbocycles. The molecule has 0 spiro atoms. The monoisotopic (exact) mass is 262 g/mol. The minimum atomic E-state index is -1.03. The average molecular weight is 263 g/mol. The number of ether oxygens (including phenoxy) is 1. The molecule has 3 nitrogen and oxygen atoms in total. The highest BCUT2D eigenvalue weighted by atomic mass is 79.9. The van der Waals surface area contributed by atoms with Crippen molar-refractivity contribution >= 4 is 21.9 Å². The lowest BCUT2D eigenvalue weighted by molar-refractivity contribution is -0.136. The molecule has 0 unspecified atom stereocenters. The van der Waals surface area contributed by atoms with Gasteiger partial charge in [-0.1, -0.05) is 15.9 Å². The number of benzene rings is 1. The molecule has 0 amide bonds. The molecule has 0 saturated heterocycles. The van der Waals surface area contributed by atoms with Crippen molar-refractivity contribution in [2.24, 2.45) is 0 Å². The average Bonchev–Trinajstić information content (AvgIpc) is 2.11. The maximum atomic E-state index is 13.1. The molecule has 0 saturated carbocycles. The Balaban J connectivity index is 3.22. The summed E-state index contributed by atoms with van der Waals surface area (Å²) in [5.41, 5.74) is 0.306. The van der Waals surface area contributed by atoms with Gasteiger partial charge in [-0.15, -0.1) is 0 Å². The van der Waals surface area contributed by atoms with Gasteiger partial charge in [0.1, 0.15) is 0 Å². The second kappa shape index (κ2) is 4.41. The summed E-state index contributed by atoms with van der Waals surface area (Å²) in [7, 11) is 1.30. The van der Waals surface area contributed by atoms with Crippen molar-refractivity contribution in [1.82, 2.24) is 0 Å². The SMILES string of the molecule is COc1c(F)ccc(Br)c1CC(=O)O. The molecule has 0 aromatic heterocycles. The number of carboxylic acids is 1. The minimum absolute atomic E-state index is 0.0261. The number of hydrogen-bond acceptors (Lipinski definition) is 2. The van der Waals surface area contributed by atoms with Crippen LogP contribution < -0.4 is 4.74 Å². The van der Waals surface area contributed by atoms with Crippen LogP contribution in [0.4, 0.5) is 4.39 Å². The highest BCUT2D eigenvalue weighted by Gasteiger charge is 2.15. The van der Waals surface area contributed by atoms with E-state index < -0.39 is 11.8 Å². The van der Waals surface area contributed by atoms with Crippen LogP contribution in [-0.2, 0) is 11.2 Å².